The number of carbonyl (C=O) groups excluding carboxylic acids is 2. The number of thioether (sulfide) groups is 2. The van der Waals surface area contributed by atoms with Crippen LogP contribution in [0.3, 0.4) is 0 Å². The molecular weight excluding hydrogens is 557 g/mol. The molecule has 3 aromatic carbocycles. The number of anilines is 3. The highest BCUT2D eigenvalue weighted by molar-refractivity contribution is 8.00. The fourth-order valence-electron chi connectivity index (χ4n) is 4.56. The van der Waals surface area contributed by atoms with Gasteiger partial charge in [0, 0.05) is 26.4 Å². The van der Waals surface area contributed by atoms with Gasteiger partial charge in [-0.15, -0.1) is 34.9 Å². The van der Waals surface area contributed by atoms with Crippen molar-refractivity contribution in [1.82, 2.24) is 4.98 Å². The van der Waals surface area contributed by atoms with Crippen molar-refractivity contribution in [3.8, 4) is 11.3 Å². The standard InChI is InChI=1S/C31H26N4O2S3/c1-20-13-15-21(16-14-20)24-18-39-30(33-24)34-29(36)19-38-23-8-6-7-22(17-23)32-31(37)35-25-9-2-4-11-27(25)40-28-12-5-3-10-26(28)35/h2-18,25,27H,19H2,1H3,(H,32,37)(H,33,34,36). The van der Waals surface area contributed by atoms with Crippen molar-refractivity contribution in [2.24, 2.45) is 0 Å². The molecule has 0 radical (unpaired) electrons. The van der Waals surface area contributed by atoms with Gasteiger partial charge in [-0.1, -0.05) is 72.3 Å². The molecule has 6 nitrogen and oxygen atoms in total. The molecule has 1 aromatic heterocycles. The van der Waals surface area contributed by atoms with Crippen LogP contribution in [-0.2, 0) is 4.79 Å². The lowest BCUT2D eigenvalue weighted by molar-refractivity contribution is -0.113. The summed E-state index contributed by atoms with van der Waals surface area (Å²) < 4.78 is 0. The molecule has 2 atom stereocenters. The van der Waals surface area contributed by atoms with Gasteiger partial charge in [0.1, 0.15) is 0 Å². The van der Waals surface area contributed by atoms with Crippen LogP contribution >= 0.6 is 34.9 Å². The average Bonchev–Trinajstić information content (AvgIpc) is 3.43. The van der Waals surface area contributed by atoms with Crippen molar-refractivity contribution in [2.45, 2.75) is 28.0 Å². The number of nitrogens with one attached hydrogen (secondary N) is 2. The number of benzene rings is 3. The first-order chi connectivity index (χ1) is 19.5. The third-order valence-electron chi connectivity index (χ3n) is 6.51. The summed E-state index contributed by atoms with van der Waals surface area (Å²) in [5.74, 6) is 0.101. The minimum Gasteiger partial charge on any atom is -0.307 e. The van der Waals surface area contributed by atoms with Crippen LogP contribution in [0.15, 0.2) is 112 Å². The number of urea groups is 1. The predicted octanol–water partition coefficient (Wildman–Crippen LogP) is 7.86. The molecule has 1 aliphatic heterocycles. The van der Waals surface area contributed by atoms with Crippen molar-refractivity contribution in [3.63, 3.8) is 0 Å². The Morgan fingerprint density at radius 2 is 1.80 bits per heavy atom. The summed E-state index contributed by atoms with van der Waals surface area (Å²) >= 11 is 4.60. The number of fused-ring (bicyclic) bond motifs is 2. The number of aryl methyl sites for hydroxylation is 1. The van der Waals surface area contributed by atoms with Crippen molar-refractivity contribution in [3.05, 3.63) is 108 Å². The Morgan fingerprint density at radius 3 is 2.67 bits per heavy atom. The van der Waals surface area contributed by atoms with Crippen LogP contribution in [0.5, 0.6) is 0 Å². The van der Waals surface area contributed by atoms with Crippen LogP contribution in [0, 0.1) is 6.92 Å². The van der Waals surface area contributed by atoms with Crippen molar-refractivity contribution < 1.29 is 9.59 Å². The molecule has 6 rings (SSSR count). The van der Waals surface area contributed by atoms with E-state index in [0.717, 1.165) is 26.7 Å². The zero-order chi connectivity index (χ0) is 27.5. The van der Waals surface area contributed by atoms with Crippen molar-refractivity contribution in [1.29, 1.82) is 0 Å². The van der Waals surface area contributed by atoms with Gasteiger partial charge in [0.25, 0.3) is 0 Å². The van der Waals surface area contributed by atoms with Crippen LogP contribution in [0.1, 0.15) is 5.56 Å². The molecule has 40 heavy (non-hydrogen) atoms. The highest BCUT2D eigenvalue weighted by atomic mass is 32.2. The van der Waals surface area contributed by atoms with Crippen molar-refractivity contribution in [2.75, 3.05) is 21.3 Å². The summed E-state index contributed by atoms with van der Waals surface area (Å²) in [7, 11) is 0. The molecule has 2 heterocycles. The number of rotatable bonds is 6. The van der Waals surface area contributed by atoms with Gasteiger partial charge in [-0.2, -0.15) is 0 Å². The monoisotopic (exact) mass is 582 g/mol. The van der Waals surface area contributed by atoms with E-state index in [9.17, 15) is 9.59 Å². The van der Waals surface area contributed by atoms with E-state index < -0.39 is 0 Å². The Hall–Kier alpha value is -3.79. The molecule has 0 spiro atoms. The smallest absolute Gasteiger partial charge is 0.307 e. The van der Waals surface area contributed by atoms with E-state index in [1.54, 1.807) is 11.8 Å². The predicted molar refractivity (Wildman–Crippen MR) is 168 cm³/mol. The molecule has 3 amide bonds. The zero-order valence-electron chi connectivity index (χ0n) is 21.6. The average molecular weight is 583 g/mol. The maximum absolute atomic E-state index is 13.6. The quantitative estimate of drug-likeness (QED) is 0.227. The molecule has 2 N–H and O–H groups in total. The number of aromatic nitrogens is 1. The molecule has 1 aliphatic carbocycles. The number of hydrogen-bond acceptors (Lipinski definition) is 6. The highest BCUT2D eigenvalue weighted by Gasteiger charge is 2.36. The Kier molecular flexibility index (Phi) is 7.77. The first kappa shape index (κ1) is 26.4. The number of para-hydroxylation sites is 1. The summed E-state index contributed by atoms with van der Waals surface area (Å²) in [6.45, 7) is 2.05. The summed E-state index contributed by atoms with van der Waals surface area (Å²) in [5.41, 5.74) is 4.64. The maximum atomic E-state index is 13.6. The minimum atomic E-state index is -0.184. The summed E-state index contributed by atoms with van der Waals surface area (Å²) in [6.07, 6.45) is 8.24. The number of thiazole rings is 1. The number of nitrogens with zero attached hydrogens (tertiary/aromatic N) is 2. The Labute approximate surface area is 245 Å². The first-order valence-corrected chi connectivity index (χ1v) is 15.5. The van der Waals surface area contributed by atoms with Crippen LogP contribution in [0.2, 0.25) is 0 Å². The largest absolute Gasteiger partial charge is 0.326 e. The number of amides is 3. The first-order valence-electron chi connectivity index (χ1n) is 12.8. The summed E-state index contributed by atoms with van der Waals surface area (Å²) in [4.78, 5) is 34.6. The third kappa shape index (κ3) is 5.86. The molecule has 0 saturated heterocycles. The lowest BCUT2D eigenvalue weighted by atomic mass is 10.1. The van der Waals surface area contributed by atoms with Crippen molar-refractivity contribution >= 4 is 63.3 Å². The molecule has 200 valence electrons. The molecule has 9 heteroatoms. The van der Waals surface area contributed by atoms with Crippen LogP contribution in [0.25, 0.3) is 11.3 Å². The minimum absolute atomic E-state index is 0.0662. The van der Waals surface area contributed by atoms with Crippen LogP contribution in [0.4, 0.5) is 21.3 Å². The normalized spacial score (nSPS) is 17.2. The summed E-state index contributed by atoms with van der Waals surface area (Å²) in [6, 6.07) is 23.5. The molecule has 0 saturated carbocycles. The van der Waals surface area contributed by atoms with Crippen LogP contribution < -0.4 is 15.5 Å². The number of allylic oxidation sites excluding steroid dienone is 2. The van der Waals surface area contributed by atoms with Gasteiger partial charge in [-0.05, 0) is 37.3 Å². The molecule has 2 aliphatic rings. The van der Waals surface area contributed by atoms with Gasteiger partial charge in [-0.3, -0.25) is 9.69 Å². The van der Waals surface area contributed by atoms with E-state index in [-0.39, 0.29) is 29.0 Å². The Bertz CT molecular complexity index is 1610. The molecule has 2 unspecified atom stereocenters. The van der Waals surface area contributed by atoms with E-state index >= 15 is 0 Å². The third-order valence-corrected chi connectivity index (χ3v) is 9.57. The summed E-state index contributed by atoms with van der Waals surface area (Å²) in [5, 5.41) is 8.65. The van der Waals surface area contributed by atoms with E-state index in [1.807, 2.05) is 96.1 Å². The van der Waals surface area contributed by atoms with Crippen LogP contribution in [-0.4, -0.2) is 34.0 Å². The lowest BCUT2D eigenvalue weighted by Crippen LogP contribution is -2.49. The van der Waals surface area contributed by atoms with Gasteiger partial charge in [0.2, 0.25) is 5.91 Å². The van der Waals surface area contributed by atoms with Gasteiger partial charge in [-0.25, -0.2) is 9.78 Å². The fraction of sp³-hybridized carbons (Fsp3) is 0.129. The van der Waals surface area contributed by atoms with Gasteiger partial charge < -0.3 is 10.6 Å². The molecular formula is C31H26N4O2S3. The maximum Gasteiger partial charge on any atom is 0.326 e. The second-order valence-electron chi connectivity index (χ2n) is 9.38. The second kappa shape index (κ2) is 11.8. The lowest BCUT2D eigenvalue weighted by Gasteiger charge is -2.40. The number of hydrogen-bond donors (Lipinski definition) is 2. The topological polar surface area (TPSA) is 74.3 Å². The SMILES string of the molecule is Cc1ccc(-c2csc(NC(=O)CSc3cccc(NC(=O)N4c5ccccc5SC5C=CC=CC54)c3)n2)cc1. The number of carbonyl (C=O) groups is 2. The van der Waals surface area contributed by atoms with E-state index in [4.69, 9.17) is 0 Å². The fourth-order valence-corrected chi connectivity index (χ4v) is 7.31. The van der Waals surface area contributed by atoms with Gasteiger partial charge in [0.05, 0.1) is 28.4 Å². The molecule has 0 bridgehead atoms. The zero-order valence-corrected chi connectivity index (χ0v) is 24.1. The molecule has 4 aromatic rings. The van der Waals surface area contributed by atoms with Gasteiger partial charge in [0.15, 0.2) is 5.13 Å². The van der Waals surface area contributed by atoms with E-state index in [1.165, 1.54) is 28.7 Å². The Morgan fingerprint density at radius 1 is 0.975 bits per heavy atom. The molecule has 0 fully saturated rings. The highest BCUT2D eigenvalue weighted by Crippen LogP contribution is 2.43. The van der Waals surface area contributed by atoms with E-state index in [2.05, 4.69) is 33.8 Å². The Balaban J connectivity index is 1.08. The van der Waals surface area contributed by atoms with E-state index in [0.29, 0.717) is 10.8 Å². The second-order valence-corrected chi connectivity index (χ2v) is 12.5. The van der Waals surface area contributed by atoms with Gasteiger partial charge >= 0.3 is 6.03 Å².